The Bertz CT molecular complexity index is 1290. The van der Waals surface area contributed by atoms with E-state index in [9.17, 15) is 19.8 Å². The Kier molecular flexibility index (Phi) is 14.1. The van der Waals surface area contributed by atoms with Gasteiger partial charge in [0.2, 0.25) is 0 Å². The number of ketones is 1. The second kappa shape index (κ2) is 17.6. The second-order valence-electron chi connectivity index (χ2n) is 16.9. The average Bonchev–Trinajstić information content (AvgIpc) is 3.55. The van der Waals surface area contributed by atoms with Crippen molar-refractivity contribution in [3.8, 4) is 0 Å². The number of hydrogen-bond donors (Lipinski definition) is 3. The third-order valence-electron chi connectivity index (χ3n) is 13.5. The SMILES string of the molecule is C=CCOC(=O)C(CC)C1CCCC(C(N)C(O)C(C)C(=O)C(CC)C2OC3(C=CCC4(CCC(C5CCC(O)(CC)C(C)O5)O4)O3)C(C)CC2C)O1. The first-order chi connectivity index (χ1) is 25.2. The van der Waals surface area contributed by atoms with Gasteiger partial charge in [-0.25, -0.2) is 0 Å². The molecule has 5 rings (SSSR count). The third kappa shape index (κ3) is 8.83. The van der Waals surface area contributed by atoms with Crippen LogP contribution in [0.25, 0.3) is 0 Å². The first kappa shape index (κ1) is 42.4. The molecule has 16 unspecified atom stereocenters. The number of ether oxygens (including phenoxy) is 6. The number of carbonyl (C=O) groups is 2. The summed E-state index contributed by atoms with van der Waals surface area (Å²) in [5, 5.41) is 22.5. The van der Waals surface area contributed by atoms with Crippen LogP contribution in [0.15, 0.2) is 24.8 Å². The smallest absolute Gasteiger partial charge is 0.311 e. The zero-order chi connectivity index (χ0) is 38.7. The largest absolute Gasteiger partial charge is 0.461 e. The van der Waals surface area contributed by atoms with Gasteiger partial charge in [0.1, 0.15) is 12.4 Å². The van der Waals surface area contributed by atoms with Gasteiger partial charge in [-0.1, -0.05) is 60.3 Å². The molecule has 4 fully saturated rings. The van der Waals surface area contributed by atoms with Crippen LogP contribution in [-0.4, -0.2) is 94.5 Å². The molecular formula is C42H69NO10. The van der Waals surface area contributed by atoms with Crippen molar-refractivity contribution in [2.75, 3.05) is 6.61 Å². The first-order valence-corrected chi connectivity index (χ1v) is 20.7. The lowest BCUT2D eigenvalue weighted by atomic mass is 9.74. The molecule has 0 aromatic rings. The summed E-state index contributed by atoms with van der Waals surface area (Å²) in [7, 11) is 0. The highest BCUT2D eigenvalue weighted by molar-refractivity contribution is 5.84. The predicted molar refractivity (Wildman–Crippen MR) is 200 cm³/mol. The molecule has 4 saturated heterocycles. The normalized spacial score (nSPS) is 41.8. The van der Waals surface area contributed by atoms with Crippen LogP contribution in [0.1, 0.15) is 126 Å². The molecule has 11 heteroatoms. The summed E-state index contributed by atoms with van der Waals surface area (Å²) >= 11 is 0. The molecule has 53 heavy (non-hydrogen) atoms. The van der Waals surface area contributed by atoms with Gasteiger partial charge in [-0.15, -0.1) is 0 Å². The summed E-state index contributed by atoms with van der Waals surface area (Å²) in [6.45, 7) is 17.6. The molecule has 0 amide bonds. The van der Waals surface area contributed by atoms with E-state index in [1.165, 1.54) is 0 Å². The molecule has 11 nitrogen and oxygen atoms in total. The second-order valence-corrected chi connectivity index (χ2v) is 16.9. The van der Waals surface area contributed by atoms with Crippen LogP contribution >= 0.6 is 0 Å². The van der Waals surface area contributed by atoms with Crippen molar-refractivity contribution in [3.05, 3.63) is 24.8 Å². The first-order valence-electron chi connectivity index (χ1n) is 20.7. The molecule has 0 aromatic heterocycles. The summed E-state index contributed by atoms with van der Waals surface area (Å²) in [6, 6.07) is -0.809. The highest BCUT2D eigenvalue weighted by atomic mass is 16.8. The van der Waals surface area contributed by atoms with E-state index in [-0.39, 0.29) is 54.6 Å². The van der Waals surface area contributed by atoms with Crippen LogP contribution in [0.2, 0.25) is 0 Å². The van der Waals surface area contributed by atoms with Gasteiger partial charge in [-0.2, -0.15) is 0 Å². The molecule has 0 radical (unpaired) electrons. The van der Waals surface area contributed by atoms with E-state index in [0.29, 0.717) is 51.4 Å². The Hall–Kier alpha value is -1.70. The van der Waals surface area contributed by atoms with Crippen molar-refractivity contribution in [1.29, 1.82) is 0 Å². The minimum absolute atomic E-state index is 0.0109. The maximum atomic E-state index is 14.3. The average molecular weight is 748 g/mol. The maximum Gasteiger partial charge on any atom is 0.311 e. The van der Waals surface area contributed by atoms with Gasteiger partial charge < -0.3 is 44.4 Å². The van der Waals surface area contributed by atoms with Crippen molar-refractivity contribution >= 4 is 11.8 Å². The van der Waals surface area contributed by atoms with E-state index in [4.69, 9.17) is 34.2 Å². The van der Waals surface area contributed by atoms with Crippen molar-refractivity contribution in [2.24, 2.45) is 35.3 Å². The van der Waals surface area contributed by atoms with Crippen LogP contribution in [-0.2, 0) is 38.0 Å². The van der Waals surface area contributed by atoms with Gasteiger partial charge in [0.05, 0.1) is 60.3 Å². The van der Waals surface area contributed by atoms with E-state index in [2.05, 4.69) is 26.5 Å². The molecule has 0 aliphatic carbocycles. The monoisotopic (exact) mass is 747 g/mol. The standard InChI is InChI=1S/C42H69NO10/c1-9-23-48-39(46)29(10-2)31-15-13-16-34(50-31)35(43)37(45)27(7)36(44)30(11-3)38-25(5)24-26(6)42(52-38)20-14-19-41(53-42)22-18-33(51-41)32-17-21-40(47,12-4)28(8)49-32/h9,14,20,25-35,37-38,45,47H,1,10-13,15-19,21-24,43H2,2-8H3. The number of rotatable bonds is 14. The lowest BCUT2D eigenvalue weighted by Gasteiger charge is -2.53. The van der Waals surface area contributed by atoms with E-state index in [1.54, 1.807) is 13.0 Å². The summed E-state index contributed by atoms with van der Waals surface area (Å²) < 4.78 is 38.7. The number of aliphatic hydroxyl groups excluding tert-OH is 1. The molecule has 5 aliphatic rings. The van der Waals surface area contributed by atoms with Crippen molar-refractivity contribution in [2.45, 2.75) is 191 Å². The maximum absolute atomic E-state index is 14.3. The molecule has 0 aromatic carbocycles. The van der Waals surface area contributed by atoms with E-state index < -0.39 is 59.3 Å². The van der Waals surface area contributed by atoms with Gasteiger partial charge in [0, 0.05) is 30.6 Å². The highest BCUT2D eigenvalue weighted by Gasteiger charge is 2.57. The van der Waals surface area contributed by atoms with Gasteiger partial charge in [-0.05, 0) is 83.1 Å². The Morgan fingerprint density at radius 2 is 1.70 bits per heavy atom. The number of hydrogen-bond acceptors (Lipinski definition) is 11. The molecule has 0 bridgehead atoms. The molecule has 0 saturated carbocycles. The lowest BCUT2D eigenvalue weighted by molar-refractivity contribution is -0.385. The Morgan fingerprint density at radius 3 is 2.36 bits per heavy atom. The van der Waals surface area contributed by atoms with Crippen molar-refractivity contribution < 1.29 is 48.2 Å². The summed E-state index contributed by atoms with van der Waals surface area (Å²) in [5.74, 6) is -3.95. The number of nitrogens with two attached hydrogens (primary N) is 1. The summed E-state index contributed by atoms with van der Waals surface area (Å²) in [5.41, 5.74) is 5.87. The van der Waals surface area contributed by atoms with Gasteiger partial charge >= 0.3 is 5.97 Å². The van der Waals surface area contributed by atoms with Crippen LogP contribution in [0, 0.1) is 29.6 Å². The Labute approximate surface area is 317 Å². The molecule has 302 valence electrons. The molecule has 4 N–H and O–H groups in total. The molecule has 16 atom stereocenters. The number of esters is 1. The van der Waals surface area contributed by atoms with Crippen molar-refractivity contribution in [3.63, 3.8) is 0 Å². The number of aliphatic hydroxyl groups is 2. The van der Waals surface area contributed by atoms with Crippen LogP contribution < -0.4 is 5.73 Å². The van der Waals surface area contributed by atoms with Crippen LogP contribution in [0.3, 0.4) is 0 Å². The fourth-order valence-electron chi connectivity index (χ4n) is 9.85. The van der Waals surface area contributed by atoms with Crippen molar-refractivity contribution in [1.82, 2.24) is 0 Å². The van der Waals surface area contributed by atoms with E-state index in [0.717, 1.165) is 25.7 Å². The molecule has 5 heterocycles. The van der Waals surface area contributed by atoms with Crippen LogP contribution in [0.4, 0.5) is 0 Å². The van der Waals surface area contributed by atoms with Gasteiger partial charge in [0.25, 0.3) is 0 Å². The molecular weight excluding hydrogens is 678 g/mol. The zero-order valence-electron chi connectivity index (χ0n) is 33.4. The van der Waals surface area contributed by atoms with Gasteiger partial charge in [0.15, 0.2) is 11.6 Å². The van der Waals surface area contributed by atoms with Gasteiger partial charge in [-0.3, -0.25) is 9.59 Å². The third-order valence-corrected chi connectivity index (χ3v) is 13.5. The van der Waals surface area contributed by atoms with E-state index >= 15 is 0 Å². The topological polar surface area (TPSA) is 156 Å². The van der Waals surface area contributed by atoms with E-state index in [1.807, 2.05) is 33.8 Å². The predicted octanol–water partition coefficient (Wildman–Crippen LogP) is 5.92. The fourth-order valence-corrected chi connectivity index (χ4v) is 9.85. The quantitative estimate of drug-likeness (QED) is 0.143. The lowest BCUT2D eigenvalue weighted by Crippen LogP contribution is -2.59. The molecule has 2 spiro atoms. The Morgan fingerprint density at radius 1 is 1.00 bits per heavy atom. The highest BCUT2D eigenvalue weighted by Crippen LogP contribution is 2.51. The fraction of sp³-hybridized carbons (Fsp3) is 0.857. The number of Topliss-reactive ketones (excluding diaryl/α,β-unsaturated/α-hetero) is 1. The minimum atomic E-state index is -1.14. The summed E-state index contributed by atoms with van der Waals surface area (Å²) in [6.07, 6.45) is 10.8. The zero-order valence-corrected chi connectivity index (χ0v) is 33.4. The number of carbonyl (C=O) groups excluding carboxylic acids is 2. The molecule has 5 aliphatic heterocycles. The minimum Gasteiger partial charge on any atom is -0.461 e. The van der Waals surface area contributed by atoms with Crippen LogP contribution in [0.5, 0.6) is 0 Å². The Balaban J connectivity index is 1.24. The summed E-state index contributed by atoms with van der Waals surface area (Å²) in [4.78, 5) is 27.1.